The first-order chi connectivity index (χ1) is 12.3. The molecule has 0 saturated carbocycles. The lowest BCUT2D eigenvalue weighted by molar-refractivity contribution is -0.142. The minimum Gasteiger partial charge on any atom is -0.497 e. The van der Waals surface area contributed by atoms with E-state index in [9.17, 15) is 18.0 Å². The summed E-state index contributed by atoms with van der Waals surface area (Å²) in [4.78, 5) is 16.0. The van der Waals surface area contributed by atoms with Crippen LogP contribution in [0.2, 0.25) is 0 Å². The summed E-state index contributed by atoms with van der Waals surface area (Å²) in [5, 5.41) is 3.70. The van der Waals surface area contributed by atoms with Gasteiger partial charge in [0, 0.05) is 11.6 Å². The molecule has 3 aromatic rings. The molecular formula is C17H14F3N3O3. The van der Waals surface area contributed by atoms with E-state index in [-0.39, 0.29) is 23.6 Å². The van der Waals surface area contributed by atoms with Gasteiger partial charge in [-0.25, -0.2) is 14.3 Å². The van der Waals surface area contributed by atoms with Crippen LogP contribution in [-0.2, 0) is 10.9 Å². The average Bonchev–Trinajstić information content (AvgIpc) is 3.04. The van der Waals surface area contributed by atoms with E-state index in [4.69, 9.17) is 9.47 Å². The predicted octanol–water partition coefficient (Wildman–Crippen LogP) is 3.60. The van der Waals surface area contributed by atoms with Gasteiger partial charge >= 0.3 is 12.1 Å². The molecule has 9 heteroatoms. The number of hydrogen-bond donors (Lipinski definition) is 0. The van der Waals surface area contributed by atoms with Crippen LogP contribution in [0, 0.1) is 0 Å². The van der Waals surface area contributed by atoms with Gasteiger partial charge in [0.15, 0.2) is 17.0 Å². The van der Waals surface area contributed by atoms with Crippen molar-refractivity contribution in [2.24, 2.45) is 0 Å². The first kappa shape index (κ1) is 17.7. The number of carbonyl (C=O) groups is 1. The number of ether oxygens (including phenoxy) is 2. The highest BCUT2D eigenvalue weighted by atomic mass is 19.4. The van der Waals surface area contributed by atoms with Crippen LogP contribution < -0.4 is 4.74 Å². The van der Waals surface area contributed by atoms with Gasteiger partial charge in [0.1, 0.15) is 5.75 Å². The van der Waals surface area contributed by atoms with Crippen LogP contribution in [0.4, 0.5) is 13.2 Å². The third-order valence-electron chi connectivity index (χ3n) is 3.59. The fourth-order valence-electron chi connectivity index (χ4n) is 2.39. The zero-order chi connectivity index (χ0) is 18.9. The second-order valence-electron chi connectivity index (χ2n) is 5.27. The van der Waals surface area contributed by atoms with E-state index in [1.807, 2.05) is 0 Å². The van der Waals surface area contributed by atoms with E-state index in [2.05, 4.69) is 10.1 Å². The monoisotopic (exact) mass is 365 g/mol. The van der Waals surface area contributed by atoms with Gasteiger partial charge in [0.05, 0.1) is 19.4 Å². The van der Waals surface area contributed by atoms with Gasteiger partial charge in [-0.05, 0) is 37.3 Å². The standard InChI is InChI=1S/C17H14F3N3O3/c1-3-26-16(24)13-9-15-21-12(10-4-6-11(25-2)7-5-10)8-14(17(18,19)20)23(15)22-13/h4-9H,3H2,1-2H3. The van der Waals surface area contributed by atoms with Gasteiger partial charge < -0.3 is 9.47 Å². The molecule has 0 N–H and O–H groups in total. The number of hydrogen-bond acceptors (Lipinski definition) is 5. The van der Waals surface area contributed by atoms with Crippen LogP contribution >= 0.6 is 0 Å². The van der Waals surface area contributed by atoms with Crippen molar-refractivity contribution < 1.29 is 27.4 Å². The molecule has 0 bridgehead atoms. The van der Waals surface area contributed by atoms with E-state index in [1.54, 1.807) is 31.2 Å². The van der Waals surface area contributed by atoms with Crippen LogP contribution in [0.15, 0.2) is 36.4 Å². The molecule has 0 saturated heterocycles. The van der Waals surface area contributed by atoms with Gasteiger partial charge in [0.2, 0.25) is 0 Å². The Morgan fingerprint density at radius 2 is 1.88 bits per heavy atom. The summed E-state index contributed by atoms with van der Waals surface area (Å²) >= 11 is 0. The first-order valence-electron chi connectivity index (χ1n) is 7.63. The largest absolute Gasteiger partial charge is 0.497 e. The summed E-state index contributed by atoms with van der Waals surface area (Å²) in [6, 6.07) is 8.49. The smallest absolute Gasteiger partial charge is 0.433 e. The molecule has 0 amide bonds. The van der Waals surface area contributed by atoms with E-state index < -0.39 is 17.8 Å². The Hall–Kier alpha value is -3.10. The summed E-state index contributed by atoms with van der Waals surface area (Å²) in [5.41, 5.74) is -0.810. The molecule has 0 aliphatic rings. The van der Waals surface area contributed by atoms with Crippen molar-refractivity contribution in [1.82, 2.24) is 14.6 Å². The number of fused-ring (bicyclic) bond motifs is 1. The third-order valence-corrected chi connectivity index (χ3v) is 3.59. The highest BCUT2D eigenvalue weighted by Gasteiger charge is 2.35. The van der Waals surface area contributed by atoms with Gasteiger partial charge in [-0.15, -0.1) is 0 Å². The number of alkyl halides is 3. The van der Waals surface area contributed by atoms with Crippen LogP contribution in [0.5, 0.6) is 5.75 Å². The Balaban J connectivity index is 2.17. The summed E-state index contributed by atoms with van der Waals surface area (Å²) in [6.07, 6.45) is -4.68. The number of esters is 1. The number of aromatic nitrogens is 3. The molecular weight excluding hydrogens is 351 g/mol. The van der Waals surface area contributed by atoms with E-state index >= 15 is 0 Å². The molecule has 1 aromatic carbocycles. The van der Waals surface area contributed by atoms with Crippen molar-refractivity contribution in [2.75, 3.05) is 13.7 Å². The van der Waals surface area contributed by atoms with Crippen LogP contribution in [0.25, 0.3) is 16.9 Å². The number of methoxy groups -OCH3 is 1. The maximum Gasteiger partial charge on any atom is 0.433 e. The van der Waals surface area contributed by atoms with Gasteiger partial charge in [0.25, 0.3) is 0 Å². The maximum atomic E-state index is 13.5. The predicted molar refractivity (Wildman–Crippen MR) is 85.9 cm³/mol. The zero-order valence-corrected chi connectivity index (χ0v) is 13.9. The maximum absolute atomic E-state index is 13.5. The van der Waals surface area contributed by atoms with Crippen molar-refractivity contribution in [3.63, 3.8) is 0 Å². The molecule has 6 nitrogen and oxygen atoms in total. The zero-order valence-electron chi connectivity index (χ0n) is 13.9. The average molecular weight is 365 g/mol. The lowest BCUT2D eigenvalue weighted by Gasteiger charge is -2.11. The SMILES string of the molecule is CCOC(=O)c1cc2nc(-c3ccc(OC)cc3)cc(C(F)(F)F)n2n1. The van der Waals surface area contributed by atoms with Crippen molar-refractivity contribution >= 4 is 11.6 Å². The molecule has 26 heavy (non-hydrogen) atoms. The molecule has 2 heterocycles. The fraction of sp³-hybridized carbons (Fsp3) is 0.235. The second kappa shape index (κ2) is 6.66. The van der Waals surface area contributed by atoms with Crippen molar-refractivity contribution in [3.8, 4) is 17.0 Å². The molecule has 0 radical (unpaired) electrons. The van der Waals surface area contributed by atoms with Gasteiger partial charge in [-0.1, -0.05) is 0 Å². The molecule has 0 spiro atoms. The quantitative estimate of drug-likeness (QED) is 0.661. The minimum absolute atomic E-state index is 0.0867. The molecule has 136 valence electrons. The van der Waals surface area contributed by atoms with Gasteiger partial charge in [-0.2, -0.15) is 18.3 Å². The fourth-order valence-corrected chi connectivity index (χ4v) is 2.39. The normalized spacial score (nSPS) is 11.6. The summed E-state index contributed by atoms with van der Waals surface area (Å²) in [6.45, 7) is 1.68. The molecule has 0 aliphatic heterocycles. The first-order valence-corrected chi connectivity index (χ1v) is 7.63. The van der Waals surface area contributed by atoms with E-state index in [1.165, 1.54) is 13.2 Å². The Morgan fingerprint density at radius 1 is 1.19 bits per heavy atom. The van der Waals surface area contributed by atoms with E-state index in [0.717, 1.165) is 6.07 Å². The molecule has 0 unspecified atom stereocenters. The molecule has 3 rings (SSSR count). The van der Waals surface area contributed by atoms with Crippen molar-refractivity contribution in [3.05, 3.63) is 47.8 Å². The molecule has 0 atom stereocenters. The lowest BCUT2D eigenvalue weighted by atomic mass is 10.1. The highest BCUT2D eigenvalue weighted by molar-refractivity contribution is 5.88. The summed E-state index contributed by atoms with van der Waals surface area (Å²) < 4.78 is 50.8. The number of nitrogens with zero attached hydrogens (tertiary/aromatic N) is 3. The highest BCUT2D eigenvalue weighted by Crippen LogP contribution is 2.32. The minimum atomic E-state index is -4.68. The van der Waals surface area contributed by atoms with Crippen molar-refractivity contribution in [2.45, 2.75) is 13.1 Å². The molecule has 2 aromatic heterocycles. The second-order valence-corrected chi connectivity index (χ2v) is 5.27. The Labute approximate surface area is 146 Å². The number of carbonyl (C=O) groups excluding carboxylic acids is 1. The number of benzene rings is 1. The van der Waals surface area contributed by atoms with E-state index in [0.29, 0.717) is 15.8 Å². The Bertz CT molecular complexity index is 950. The van der Waals surface area contributed by atoms with Crippen LogP contribution in [-0.4, -0.2) is 34.3 Å². The lowest BCUT2D eigenvalue weighted by Crippen LogP contribution is -2.14. The summed E-state index contributed by atoms with van der Waals surface area (Å²) in [5.74, 6) is -0.239. The van der Waals surface area contributed by atoms with Crippen molar-refractivity contribution in [1.29, 1.82) is 0 Å². The van der Waals surface area contributed by atoms with Crippen LogP contribution in [0.3, 0.4) is 0 Å². The number of halogens is 3. The number of rotatable bonds is 4. The summed E-state index contributed by atoms with van der Waals surface area (Å²) in [7, 11) is 1.49. The Kier molecular flexibility index (Phi) is 4.54. The molecule has 0 aliphatic carbocycles. The topological polar surface area (TPSA) is 65.7 Å². The van der Waals surface area contributed by atoms with Crippen LogP contribution in [0.1, 0.15) is 23.1 Å². The Morgan fingerprint density at radius 3 is 2.46 bits per heavy atom. The van der Waals surface area contributed by atoms with Gasteiger partial charge in [-0.3, -0.25) is 0 Å². The molecule has 0 fully saturated rings. The third kappa shape index (κ3) is 3.32.